The average molecular weight is 280 g/mol. The van der Waals surface area contributed by atoms with Gasteiger partial charge in [0.2, 0.25) is 11.1 Å². The molecule has 2 rings (SSSR count). The van der Waals surface area contributed by atoms with Gasteiger partial charge in [-0.05, 0) is 31.7 Å². The minimum Gasteiger partial charge on any atom is -0.467 e. The zero-order chi connectivity index (χ0) is 13.8. The van der Waals surface area contributed by atoms with E-state index in [2.05, 4.69) is 25.4 Å². The Labute approximate surface area is 115 Å². The van der Waals surface area contributed by atoms with Gasteiger partial charge in [0.25, 0.3) is 0 Å². The van der Waals surface area contributed by atoms with Crippen molar-refractivity contribution in [1.82, 2.24) is 24.7 Å². The average Bonchev–Trinajstić information content (AvgIpc) is 2.68. The van der Waals surface area contributed by atoms with E-state index < -0.39 is 0 Å². The van der Waals surface area contributed by atoms with Gasteiger partial charge in [-0.3, -0.25) is 4.68 Å². The summed E-state index contributed by atoms with van der Waals surface area (Å²) >= 11 is 1.42. The van der Waals surface area contributed by atoms with Crippen molar-refractivity contribution in [2.45, 2.75) is 24.0 Å². The molecule has 2 heterocycles. The first-order valence-corrected chi connectivity index (χ1v) is 6.66. The van der Waals surface area contributed by atoms with E-state index in [-0.39, 0.29) is 0 Å². The first-order valence-electron chi connectivity index (χ1n) is 5.84. The van der Waals surface area contributed by atoms with E-state index >= 15 is 0 Å². The summed E-state index contributed by atoms with van der Waals surface area (Å²) in [7, 11) is 3.42. The van der Waals surface area contributed by atoms with Crippen molar-refractivity contribution in [3.8, 4) is 6.01 Å². The molecule has 102 valence electrons. The number of aromatic nitrogens is 5. The molecule has 0 spiro atoms. The van der Waals surface area contributed by atoms with Crippen LogP contribution in [0.2, 0.25) is 0 Å². The second kappa shape index (κ2) is 5.87. The molecule has 0 bridgehead atoms. The second-order valence-electron chi connectivity index (χ2n) is 3.81. The molecule has 0 aliphatic heterocycles. The Balaban J connectivity index is 2.28. The van der Waals surface area contributed by atoms with Crippen molar-refractivity contribution < 1.29 is 4.74 Å². The molecule has 2 aromatic heterocycles. The number of hydrogen-bond acceptors (Lipinski definition) is 7. The first kappa shape index (κ1) is 13.6. The van der Waals surface area contributed by atoms with Crippen LogP contribution in [0, 0.1) is 6.92 Å². The van der Waals surface area contributed by atoms with E-state index in [9.17, 15) is 0 Å². The third-order valence-electron chi connectivity index (χ3n) is 2.27. The monoisotopic (exact) mass is 280 g/mol. The van der Waals surface area contributed by atoms with E-state index in [4.69, 9.17) is 4.74 Å². The zero-order valence-corrected chi connectivity index (χ0v) is 12.2. The standard InChI is InChI=1S/C11H16N6OS/c1-5-12-9-13-10(18-4)15-11(14-9)19-8-6-7(2)16-17(8)3/h6H,5H2,1-4H3,(H,12,13,14,15). The van der Waals surface area contributed by atoms with Crippen LogP contribution < -0.4 is 10.1 Å². The summed E-state index contributed by atoms with van der Waals surface area (Å²) in [5.41, 5.74) is 0.956. The minimum atomic E-state index is 0.298. The molecule has 19 heavy (non-hydrogen) atoms. The molecule has 0 amide bonds. The van der Waals surface area contributed by atoms with E-state index in [1.54, 1.807) is 4.68 Å². The maximum absolute atomic E-state index is 5.08. The van der Waals surface area contributed by atoms with Gasteiger partial charge in [0.1, 0.15) is 5.03 Å². The summed E-state index contributed by atoms with van der Waals surface area (Å²) in [6, 6.07) is 2.28. The fourth-order valence-corrected chi connectivity index (χ4v) is 2.33. The highest BCUT2D eigenvalue weighted by Gasteiger charge is 2.10. The number of nitrogens with zero attached hydrogens (tertiary/aromatic N) is 5. The van der Waals surface area contributed by atoms with Crippen molar-refractivity contribution in [3.05, 3.63) is 11.8 Å². The number of nitrogens with one attached hydrogen (secondary N) is 1. The predicted octanol–water partition coefficient (Wildman–Crippen LogP) is 1.51. The summed E-state index contributed by atoms with van der Waals surface area (Å²) in [6.07, 6.45) is 0. The van der Waals surface area contributed by atoms with Crippen molar-refractivity contribution >= 4 is 17.7 Å². The summed E-state index contributed by atoms with van der Waals surface area (Å²) in [4.78, 5) is 12.7. The van der Waals surface area contributed by atoms with Crippen LogP contribution in [0.3, 0.4) is 0 Å². The highest BCUT2D eigenvalue weighted by Crippen LogP contribution is 2.26. The van der Waals surface area contributed by atoms with Gasteiger partial charge in [0.05, 0.1) is 12.8 Å². The topological polar surface area (TPSA) is 77.8 Å². The molecular formula is C11H16N6OS. The number of rotatable bonds is 5. The van der Waals surface area contributed by atoms with Crippen LogP contribution >= 0.6 is 11.8 Å². The fourth-order valence-electron chi connectivity index (χ4n) is 1.49. The Bertz CT molecular complexity index is 570. The van der Waals surface area contributed by atoms with Gasteiger partial charge in [0.15, 0.2) is 0 Å². The van der Waals surface area contributed by atoms with Crippen LogP contribution in [0.5, 0.6) is 6.01 Å². The van der Waals surface area contributed by atoms with E-state index in [0.29, 0.717) is 17.1 Å². The molecule has 0 atom stereocenters. The molecule has 0 aromatic carbocycles. The SMILES string of the molecule is CCNc1nc(OC)nc(Sc2cc(C)nn2C)n1. The third kappa shape index (κ3) is 3.34. The highest BCUT2D eigenvalue weighted by molar-refractivity contribution is 7.99. The number of methoxy groups -OCH3 is 1. The van der Waals surface area contributed by atoms with Crippen LogP contribution in [0.4, 0.5) is 5.95 Å². The van der Waals surface area contributed by atoms with E-state index in [1.165, 1.54) is 18.9 Å². The van der Waals surface area contributed by atoms with Gasteiger partial charge >= 0.3 is 6.01 Å². The van der Waals surface area contributed by atoms with Gasteiger partial charge in [-0.1, -0.05) is 0 Å². The molecule has 7 nitrogen and oxygen atoms in total. The van der Waals surface area contributed by atoms with Crippen molar-refractivity contribution in [2.75, 3.05) is 19.0 Å². The highest BCUT2D eigenvalue weighted by atomic mass is 32.2. The Morgan fingerprint density at radius 3 is 2.74 bits per heavy atom. The summed E-state index contributed by atoms with van der Waals surface area (Å²) < 4.78 is 6.87. The molecule has 0 aliphatic carbocycles. The Hall–Kier alpha value is -1.83. The third-order valence-corrected chi connectivity index (χ3v) is 3.22. The van der Waals surface area contributed by atoms with Crippen molar-refractivity contribution in [1.29, 1.82) is 0 Å². The largest absolute Gasteiger partial charge is 0.467 e. The van der Waals surface area contributed by atoms with Crippen LogP contribution in [-0.2, 0) is 7.05 Å². The zero-order valence-electron chi connectivity index (χ0n) is 11.3. The molecule has 0 fully saturated rings. The van der Waals surface area contributed by atoms with E-state index in [0.717, 1.165) is 17.3 Å². The van der Waals surface area contributed by atoms with Crippen molar-refractivity contribution in [2.24, 2.45) is 7.05 Å². The molecular weight excluding hydrogens is 264 g/mol. The van der Waals surface area contributed by atoms with Gasteiger partial charge < -0.3 is 10.1 Å². The van der Waals surface area contributed by atoms with Crippen LogP contribution in [0.1, 0.15) is 12.6 Å². The van der Waals surface area contributed by atoms with Crippen LogP contribution in [-0.4, -0.2) is 38.4 Å². The molecule has 0 unspecified atom stereocenters. The first-order chi connectivity index (χ1) is 9.12. The lowest BCUT2D eigenvalue weighted by Crippen LogP contribution is -2.06. The fraction of sp³-hybridized carbons (Fsp3) is 0.455. The Morgan fingerprint density at radius 1 is 1.37 bits per heavy atom. The van der Waals surface area contributed by atoms with Gasteiger partial charge in [0, 0.05) is 13.6 Å². The number of hydrogen-bond donors (Lipinski definition) is 1. The van der Waals surface area contributed by atoms with Gasteiger partial charge in [-0.2, -0.15) is 20.1 Å². The molecule has 0 aliphatic rings. The summed E-state index contributed by atoms with van der Waals surface area (Å²) in [5.74, 6) is 0.510. The number of anilines is 1. The number of aryl methyl sites for hydroxylation is 2. The minimum absolute atomic E-state index is 0.298. The molecule has 8 heteroatoms. The van der Waals surface area contributed by atoms with Gasteiger partial charge in [-0.25, -0.2) is 0 Å². The maximum Gasteiger partial charge on any atom is 0.321 e. The molecule has 0 saturated carbocycles. The maximum atomic E-state index is 5.08. The van der Waals surface area contributed by atoms with E-state index in [1.807, 2.05) is 27.0 Å². The second-order valence-corrected chi connectivity index (χ2v) is 4.80. The van der Waals surface area contributed by atoms with Crippen LogP contribution in [0.15, 0.2) is 16.2 Å². The predicted molar refractivity (Wildman–Crippen MR) is 72.6 cm³/mol. The molecule has 0 saturated heterocycles. The summed E-state index contributed by atoms with van der Waals surface area (Å²) in [6.45, 7) is 4.66. The normalized spacial score (nSPS) is 10.5. The van der Waals surface area contributed by atoms with Crippen molar-refractivity contribution in [3.63, 3.8) is 0 Å². The quantitative estimate of drug-likeness (QED) is 0.889. The summed E-state index contributed by atoms with van der Waals surface area (Å²) in [5, 5.41) is 8.88. The Kier molecular flexibility index (Phi) is 4.20. The smallest absolute Gasteiger partial charge is 0.321 e. The number of ether oxygens (including phenoxy) is 1. The van der Waals surface area contributed by atoms with Crippen LogP contribution in [0.25, 0.3) is 0 Å². The lowest BCUT2D eigenvalue weighted by Gasteiger charge is -2.06. The molecule has 1 N–H and O–H groups in total. The van der Waals surface area contributed by atoms with Gasteiger partial charge in [-0.15, -0.1) is 0 Å². The lowest BCUT2D eigenvalue weighted by molar-refractivity contribution is 0.373. The Morgan fingerprint density at radius 2 is 2.16 bits per heavy atom. The molecule has 0 radical (unpaired) electrons. The lowest BCUT2D eigenvalue weighted by atomic mass is 10.5. The molecule has 2 aromatic rings.